The predicted octanol–water partition coefficient (Wildman–Crippen LogP) is 2.90. The Hall–Kier alpha value is -1.62. The Bertz CT molecular complexity index is 557. The fraction of sp³-hybridized carbons (Fsp3) is 0.611. The highest BCUT2D eigenvalue weighted by Crippen LogP contribution is 2.20. The molecule has 0 aliphatic carbocycles. The zero-order valence-corrected chi connectivity index (χ0v) is 13.9. The lowest BCUT2D eigenvalue weighted by Gasteiger charge is -2.32. The first-order chi connectivity index (χ1) is 11.1. The van der Waals surface area contributed by atoms with Gasteiger partial charge in [-0.2, -0.15) is 0 Å². The summed E-state index contributed by atoms with van der Waals surface area (Å²) in [7, 11) is 0. The highest BCUT2D eigenvalue weighted by atomic mass is 19.1. The SMILES string of the molecule is Cc1cc(CNC(=O)N2CCC(N3CCCCC3)C2)ccc1F. The number of hydrogen-bond donors (Lipinski definition) is 1. The summed E-state index contributed by atoms with van der Waals surface area (Å²) >= 11 is 0. The third-order valence-electron chi connectivity index (χ3n) is 5.02. The summed E-state index contributed by atoms with van der Waals surface area (Å²) in [5.74, 6) is -0.205. The topological polar surface area (TPSA) is 35.6 Å². The van der Waals surface area contributed by atoms with Crippen LogP contribution in [0, 0.1) is 12.7 Å². The molecule has 2 fully saturated rings. The Balaban J connectivity index is 1.48. The summed E-state index contributed by atoms with van der Waals surface area (Å²) in [6, 6.07) is 5.49. The van der Waals surface area contributed by atoms with Crippen LogP contribution < -0.4 is 5.32 Å². The van der Waals surface area contributed by atoms with E-state index >= 15 is 0 Å². The van der Waals surface area contributed by atoms with Crippen LogP contribution in [-0.2, 0) is 6.54 Å². The summed E-state index contributed by atoms with van der Waals surface area (Å²) in [4.78, 5) is 16.8. The number of piperidine rings is 1. The van der Waals surface area contributed by atoms with Crippen LogP contribution >= 0.6 is 0 Å². The molecule has 1 N–H and O–H groups in total. The number of likely N-dealkylation sites (tertiary alicyclic amines) is 2. The first-order valence-corrected chi connectivity index (χ1v) is 8.65. The zero-order chi connectivity index (χ0) is 16.2. The normalized spacial score (nSPS) is 22.3. The van der Waals surface area contributed by atoms with E-state index in [0.717, 1.165) is 25.1 Å². The Kier molecular flexibility index (Phi) is 5.16. The minimum Gasteiger partial charge on any atom is -0.334 e. The number of carbonyl (C=O) groups excluding carboxylic acids is 1. The highest BCUT2D eigenvalue weighted by molar-refractivity contribution is 5.74. The van der Waals surface area contributed by atoms with Crippen molar-refractivity contribution in [2.75, 3.05) is 26.2 Å². The molecule has 126 valence electrons. The monoisotopic (exact) mass is 319 g/mol. The molecule has 0 saturated carbocycles. The Morgan fingerprint density at radius 3 is 2.78 bits per heavy atom. The van der Waals surface area contributed by atoms with E-state index in [1.165, 1.54) is 38.4 Å². The van der Waals surface area contributed by atoms with Crippen LogP contribution in [0.5, 0.6) is 0 Å². The molecule has 1 aromatic carbocycles. The smallest absolute Gasteiger partial charge is 0.317 e. The standard InChI is InChI=1S/C18H26FN3O/c1-14-11-15(5-6-17(14)19)12-20-18(23)22-10-7-16(13-22)21-8-3-2-4-9-21/h5-6,11,16H,2-4,7-10,12-13H2,1H3,(H,20,23). The minimum absolute atomic E-state index is 0.00788. The largest absolute Gasteiger partial charge is 0.334 e. The molecular weight excluding hydrogens is 293 g/mol. The van der Waals surface area contributed by atoms with E-state index in [2.05, 4.69) is 10.2 Å². The number of benzene rings is 1. The fourth-order valence-corrected chi connectivity index (χ4v) is 3.61. The molecule has 2 aliphatic rings. The number of rotatable bonds is 3. The molecule has 2 aliphatic heterocycles. The van der Waals surface area contributed by atoms with Gasteiger partial charge in [0.05, 0.1) is 0 Å². The molecule has 5 heteroatoms. The van der Waals surface area contributed by atoms with Gasteiger partial charge >= 0.3 is 6.03 Å². The predicted molar refractivity (Wildman–Crippen MR) is 88.8 cm³/mol. The first-order valence-electron chi connectivity index (χ1n) is 8.65. The van der Waals surface area contributed by atoms with Crippen LogP contribution in [0.1, 0.15) is 36.8 Å². The van der Waals surface area contributed by atoms with Gasteiger partial charge < -0.3 is 10.2 Å². The van der Waals surface area contributed by atoms with Crippen molar-refractivity contribution in [1.82, 2.24) is 15.1 Å². The van der Waals surface area contributed by atoms with E-state index in [9.17, 15) is 9.18 Å². The number of aryl methyl sites for hydroxylation is 1. The van der Waals surface area contributed by atoms with Crippen molar-refractivity contribution in [2.24, 2.45) is 0 Å². The number of urea groups is 1. The van der Waals surface area contributed by atoms with Gasteiger partial charge in [0, 0.05) is 25.7 Å². The maximum Gasteiger partial charge on any atom is 0.317 e. The second-order valence-electron chi connectivity index (χ2n) is 6.73. The van der Waals surface area contributed by atoms with Crippen molar-refractivity contribution < 1.29 is 9.18 Å². The quantitative estimate of drug-likeness (QED) is 0.930. The molecule has 0 spiro atoms. The summed E-state index contributed by atoms with van der Waals surface area (Å²) in [5, 5.41) is 2.96. The second kappa shape index (κ2) is 7.30. The van der Waals surface area contributed by atoms with Gasteiger partial charge in [0.1, 0.15) is 5.82 Å². The number of nitrogens with zero attached hydrogens (tertiary/aromatic N) is 2. The molecule has 3 rings (SSSR count). The molecule has 1 unspecified atom stereocenters. The van der Waals surface area contributed by atoms with E-state index in [-0.39, 0.29) is 11.8 Å². The minimum atomic E-state index is -0.205. The van der Waals surface area contributed by atoms with Crippen LogP contribution in [0.3, 0.4) is 0 Å². The number of halogens is 1. The Labute approximate surface area is 137 Å². The van der Waals surface area contributed by atoms with E-state index in [0.29, 0.717) is 18.2 Å². The van der Waals surface area contributed by atoms with Gasteiger partial charge in [0.15, 0.2) is 0 Å². The molecule has 23 heavy (non-hydrogen) atoms. The van der Waals surface area contributed by atoms with Crippen molar-refractivity contribution in [3.8, 4) is 0 Å². The third-order valence-corrected chi connectivity index (χ3v) is 5.02. The van der Waals surface area contributed by atoms with Crippen LogP contribution in [0.2, 0.25) is 0 Å². The number of carbonyl (C=O) groups is 1. The van der Waals surface area contributed by atoms with Gasteiger partial charge in [-0.05, 0) is 56.5 Å². The molecule has 2 amide bonds. The lowest BCUT2D eigenvalue weighted by Crippen LogP contribution is -2.43. The zero-order valence-electron chi connectivity index (χ0n) is 13.9. The molecule has 2 heterocycles. The fourth-order valence-electron chi connectivity index (χ4n) is 3.61. The summed E-state index contributed by atoms with van der Waals surface area (Å²) in [5.41, 5.74) is 1.55. The van der Waals surface area contributed by atoms with Gasteiger partial charge in [0.2, 0.25) is 0 Å². The molecular formula is C18H26FN3O. The van der Waals surface area contributed by atoms with Crippen LogP contribution in [-0.4, -0.2) is 48.1 Å². The van der Waals surface area contributed by atoms with Gasteiger partial charge in [-0.25, -0.2) is 9.18 Å². The molecule has 4 nitrogen and oxygen atoms in total. The second-order valence-corrected chi connectivity index (χ2v) is 6.73. The van der Waals surface area contributed by atoms with E-state index in [4.69, 9.17) is 0 Å². The number of nitrogens with one attached hydrogen (secondary N) is 1. The average molecular weight is 319 g/mol. The molecule has 0 radical (unpaired) electrons. The number of amides is 2. The van der Waals surface area contributed by atoms with E-state index in [1.807, 2.05) is 4.90 Å². The Morgan fingerprint density at radius 2 is 2.04 bits per heavy atom. The van der Waals surface area contributed by atoms with Gasteiger partial charge in [-0.3, -0.25) is 4.90 Å². The summed E-state index contributed by atoms with van der Waals surface area (Å²) in [6.45, 7) is 6.20. The molecule has 1 atom stereocenters. The van der Waals surface area contributed by atoms with Crippen molar-refractivity contribution in [3.05, 3.63) is 35.1 Å². The summed E-state index contributed by atoms with van der Waals surface area (Å²) < 4.78 is 13.3. The van der Waals surface area contributed by atoms with Gasteiger partial charge in [0.25, 0.3) is 0 Å². The maximum absolute atomic E-state index is 13.3. The molecule has 0 aromatic heterocycles. The molecule has 0 bridgehead atoms. The van der Waals surface area contributed by atoms with Crippen molar-refractivity contribution in [2.45, 2.75) is 45.2 Å². The Morgan fingerprint density at radius 1 is 1.26 bits per heavy atom. The van der Waals surface area contributed by atoms with Gasteiger partial charge in [-0.1, -0.05) is 18.6 Å². The van der Waals surface area contributed by atoms with Crippen LogP contribution in [0.15, 0.2) is 18.2 Å². The average Bonchev–Trinajstić information content (AvgIpc) is 3.06. The van der Waals surface area contributed by atoms with Crippen molar-refractivity contribution >= 4 is 6.03 Å². The van der Waals surface area contributed by atoms with E-state index < -0.39 is 0 Å². The summed E-state index contributed by atoms with van der Waals surface area (Å²) in [6.07, 6.45) is 4.98. The van der Waals surface area contributed by atoms with Crippen molar-refractivity contribution in [1.29, 1.82) is 0 Å². The van der Waals surface area contributed by atoms with Gasteiger partial charge in [-0.15, -0.1) is 0 Å². The van der Waals surface area contributed by atoms with Crippen LogP contribution in [0.25, 0.3) is 0 Å². The molecule has 2 saturated heterocycles. The van der Waals surface area contributed by atoms with E-state index in [1.54, 1.807) is 19.1 Å². The first kappa shape index (κ1) is 16.2. The lowest BCUT2D eigenvalue weighted by atomic mass is 10.1. The third kappa shape index (κ3) is 4.02. The highest BCUT2D eigenvalue weighted by Gasteiger charge is 2.30. The molecule has 1 aromatic rings. The lowest BCUT2D eigenvalue weighted by molar-refractivity contribution is 0.161. The van der Waals surface area contributed by atoms with Crippen LogP contribution in [0.4, 0.5) is 9.18 Å². The van der Waals surface area contributed by atoms with Crippen molar-refractivity contribution in [3.63, 3.8) is 0 Å². The maximum atomic E-state index is 13.3. The number of hydrogen-bond acceptors (Lipinski definition) is 2.